The number of ketones is 1. The Morgan fingerprint density at radius 3 is 2.88 bits per heavy atom. The van der Waals surface area contributed by atoms with E-state index in [0.29, 0.717) is 11.6 Å². The van der Waals surface area contributed by atoms with Gasteiger partial charge in [-0.25, -0.2) is 4.98 Å². The van der Waals surface area contributed by atoms with Gasteiger partial charge in [0.05, 0.1) is 5.69 Å². The van der Waals surface area contributed by atoms with Crippen LogP contribution in [0.4, 0.5) is 5.13 Å². The number of allylic oxidation sites excluding steroid dienone is 2. The minimum Gasteiger partial charge on any atom is -0.302 e. The predicted octanol–water partition coefficient (Wildman–Crippen LogP) is 5.33. The minimum absolute atomic E-state index is 0.105. The first-order valence-corrected chi connectivity index (χ1v) is 10.8. The summed E-state index contributed by atoms with van der Waals surface area (Å²) >= 11 is 1.61. The standard InChI is InChI=1S/C21H32N2O2S/c1-4-6-8-10-17(24)13-15(3)20(25)23-21-22-18-12-11-16(9-7-5-2)14-19(18)26-21/h6,8,15-16H,4-5,7,9-14H2,1-3H3,(H,22,23,25)/b8-6-. The Morgan fingerprint density at radius 2 is 2.15 bits per heavy atom. The number of Topliss-reactive ketones (excluding diaryl/α,β-unsaturated/α-hetero) is 1. The van der Waals surface area contributed by atoms with Gasteiger partial charge in [-0.05, 0) is 31.6 Å². The highest BCUT2D eigenvalue weighted by molar-refractivity contribution is 7.15. The maximum absolute atomic E-state index is 12.4. The normalized spacial score (nSPS) is 17.9. The molecule has 26 heavy (non-hydrogen) atoms. The maximum Gasteiger partial charge on any atom is 0.229 e. The van der Waals surface area contributed by atoms with Gasteiger partial charge in [0.25, 0.3) is 0 Å². The van der Waals surface area contributed by atoms with Crippen LogP contribution >= 0.6 is 11.3 Å². The van der Waals surface area contributed by atoms with E-state index in [1.54, 1.807) is 11.3 Å². The lowest BCUT2D eigenvalue weighted by Gasteiger charge is -2.20. The van der Waals surface area contributed by atoms with E-state index in [9.17, 15) is 9.59 Å². The van der Waals surface area contributed by atoms with Crippen LogP contribution in [0.2, 0.25) is 0 Å². The fourth-order valence-corrected chi connectivity index (χ4v) is 4.49. The van der Waals surface area contributed by atoms with Crippen molar-refractivity contribution in [1.82, 2.24) is 4.98 Å². The molecule has 1 aliphatic carbocycles. The van der Waals surface area contributed by atoms with E-state index < -0.39 is 0 Å². The van der Waals surface area contributed by atoms with Crippen LogP contribution in [-0.4, -0.2) is 16.7 Å². The summed E-state index contributed by atoms with van der Waals surface area (Å²) in [5.41, 5.74) is 1.16. The summed E-state index contributed by atoms with van der Waals surface area (Å²) in [6.07, 6.45) is 12.7. The molecule has 0 saturated heterocycles. The molecule has 0 saturated carbocycles. The Morgan fingerprint density at radius 1 is 1.35 bits per heavy atom. The Labute approximate surface area is 161 Å². The summed E-state index contributed by atoms with van der Waals surface area (Å²) in [6, 6.07) is 0. The number of unbranched alkanes of at least 4 members (excludes halogenated alkanes) is 1. The van der Waals surface area contributed by atoms with E-state index in [2.05, 4.69) is 17.2 Å². The van der Waals surface area contributed by atoms with E-state index in [0.717, 1.165) is 30.9 Å². The number of rotatable bonds is 10. The fourth-order valence-electron chi connectivity index (χ4n) is 3.36. The first-order chi connectivity index (χ1) is 12.5. The van der Waals surface area contributed by atoms with E-state index in [4.69, 9.17) is 0 Å². The summed E-state index contributed by atoms with van der Waals surface area (Å²) < 4.78 is 0. The maximum atomic E-state index is 12.4. The fraction of sp³-hybridized carbons (Fsp3) is 0.667. The molecule has 0 fully saturated rings. The van der Waals surface area contributed by atoms with Crippen molar-refractivity contribution in [2.24, 2.45) is 11.8 Å². The van der Waals surface area contributed by atoms with Crippen LogP contribution in [0.1, 0.15) is 76.3 Å². The number of carbonyl (C=O) groups is 2. The van der Waals surface area contributed by atoms with Gasteiger partial charge < -0.3 is 5.32 Å². The second-order valence-electron chi connectivity index (χ2n) is 7.36. The smallest absolute Gasteiger partial charge is 0.229 e. The van der Waals surface area contributed by atoms with Crippen molar-refractivity contribution in [1.29, 1.82) is 0 Å². The first-order valence-electron chi connectivity index (χ1n) is 9.99. The number of nitrogens with one attached hydrogen (secondary N) is 1. The second kappa shape index (κ2) is 10.6. The van der Waals surface area contributed by atoms with Gasteiger partial charge in [-0.15, -0.1) is 11.3 Å². The molecule has 0 aliphatic heterocycles. The molecular weight excluding hydrogens is 344 g/mol. The molecule has 1 aromatic rings. The van der Waals surface area contributed by atoms with Crippen molar-refractivity contribution in [2.45, 2.75) is 78.6 Å². The summed E-state index contributed by atoms with van der Waals surface area (Å²) in [5.74, 6) is 0.441. The molecule has 1 aliphatic rings. The molecule has 1 aromatic heterocycles. The quantitative estimate of drug-likeness (QED) is 0.562. The third-order valence-electron chi connectivity index (χ3n) is 4.97. The third kappa shape index (κ3) is 6.35. The number of hydrogen-bond acceptors (Lipinski definition) is 4. The molecule has 1 N–H and O–H groups in total. The molecule has 4 nitrogen and oxygen atoms in total. The second-order valence-corrected chi connectivity index (χ2v) is 8.44. The summed E-state index contributed by atoms with van der Waals surface area (Å²) in [7, 11) is 0. The van der Waals surface area contributed by atoms with Gasteiger partial charge in [-0.3, -0.25) is 9.59 Å². The molecule has 0 spiro atoms. The number of hydrogen-bond donors (Lipinski definition) is 1. The SMILES string of the molecule is CC/C=C\CC(=O)CC(C)C(=O)Nc1nc2c(s1)CC(CCCC)CC2. The zero-order valence-electron chi connectivity index (χ0n) is 16.3. The van der Waals surface area contributed by atoms with Crippen LogP contribution in [0.15, 0.2) is 12.2 Å². The Bertz CT molecular complexity index is 636. The molecule has 5 heteroatoms. The molecule has 0 radical (unpaired) electrons. The molecule has 0 aromatic carbocycles. The van der Waals surface area contributed by atoms with Crippen LogP contribution in [0, 0.1) is 11.8 Å². The highest BCUT2D eigenvalue weighted by atomic mass is 32.1. The van der Waals surface area contributed by atoms with Crippen LogP contribution in [-0.2, 0) is 22.4 Å². The number of anilines is 1. The lowest BCUT2D eigenvalue weighted by atomic mass is 9.87. The average molecular weight is 377 g/mol. The van der Waals surface area contributed by atoms with E-state index in [1.165, 1.54) is 30.6 Å². The monoisotopic (exact) mass is 376 g/mol. The van der Waals surface area contributed by atoms with Crippen LogP contribution in [0.3, 0.4) is 0 Å². The number of aromatic nitrogens is 1. The lowest BCUT2D eigenvalue weighted by molar-refractivity contribution is -0.125. The van der Waals surface area contributed by atoms with Crippen molar-refractivity contribution in [3.63, 3.8) is 0 Å². The molecule has 2 rings (SSSR count). The van der Waals surface area contributed by atoms with Crippen LogP contribution in [0.5, 0.6) is 0 Å². The predicted molar refractivity (Wildman–Crippen MR) is 109 cm³/mol. The lowest BCUT2D eigenvalue weighted by Crippen LogP contribution is -2.22. The molecule has 1 amide bonds. The highest BCUT2D eigenvalue weighted by Gasteiger charge is 2.24. The highest BCUT2D eigenvalue weighted by Crippen LogP contribution is 2.34. The van der Waals surface area contributed by atoms with Crippen molar-refractivity contribution in [2.75, 3.05) is 5.32 Å². The van der Waals surface area contributed by atoms with Crippen molar-refractivity contribution in [3.05, 3.63) is 22.7 Å². The number of amides is 1. The first kappa shape index (κ1) is 20.8. The summed E-state index contributed by atoms with van der Waals surface area (Å²) in [5, 5.41) is 3.62. The molecular formula is C21H32N2O2S. The van der Waals surface area contributed by atoms with Crippen molar-refractivity contribution >= 4 is 28.2 Å². The van der Waals surface area contributed by atoms with Crippen molar-refractivity contribution in [3.8, 4) is 0 Å². The third-order valence-corrected chi connectivity index (χ3v) is 6.00. The van der Waals surface area contributed by atoms with E-state index in [1.807, 2.05) is 26.0 Å². The topological polar surface area (TPSA) is 59.1 Å². The van der Waals surface area contributed by atoms with E-state index >= 15 is 0 Å². The van der Waals surface area contributed by atoms with Crippen molar-refractivity contribution < 1.29 is 9.59 Å². The zero-order chi connectivity index (χ0) is 18.9. The molecule has 1 heterocycles. The number of carbonyl (C=O) groups excluding carboxylic acids is 2. The van der Waals surface area contributed by atoms with Gasteiger partial charge in [0.2, 0.25) is 5.91 Å². The van der Waals surface area contributed by atoms with Gasteiger partial charge in [-0.1, -0.05) is 52.2 Å². The number of aryl methyl sites for hydroxylation is 1. The minimum atomic E-state index is -0.323. The van der Waals surface area contributed by atoms with Gasteiger partial charge in [0.1, 0.15) is 5.78 Å². The summed E-state index contributed by atoms with van der Waals surface area (Å²) in [6.45, 7) is 6.09. The molecule has 2 unspecified atom stereocenters. The van der Waals surface area contributed by atoms with Gasteiger partial charge in [-0.2, -0.15) is 0 Å². The number of fused-ring (bicyclic) bond motifs is 1. The Balaban J connectivity index is 1.85. The van der Waals surface area contributed by atoms with E-state index in [-0.39, 0.29) is 24.0 Å². The zero-order valence-corrected chi connectivity index (χ0v) is 17.2. The van der Waals surface area contributed by atoms with Crippen LogP contribution < -0.4 is 5.32 Å². The van der Waals surface area contributed by atoms with Gasteiger partial charge in [0.15, 0.2) is 5.13 Å². The Hall–Kier alpha value is -1.49. The molecule has 144 valence electrons. The van der Waals surface area contributed by atoms with Crippen LogP contribution in [0.25, 0.3) is 0 Å². The molecule has 0 bridgehead atoms. The van der Waals surface area contributed by atoms with Gasteiger partial charge in [0, 0.05) is 23.6 Å². The Kier molecular flexibility index (Phi) is 8.49. The van der Waals surface area contributed by atoms with Gasteiger partial charge >= 0.3 is 0 Å². The number of nitrogens with zero attached hydrogens (tertiary/aromatic N) is 1. The average Bonchev–Trinajstić information content (AvgIpc) is 3.01. The largest absolute Gasteiger partial charge is 0.302 e. The summed E-state index contributed by atoms with van der Waals surface area (Å²) in [4.78, 5) is 30.3. The molecule has 2 atom stereocenters. The number of thiazole rings is 1.